The molecule has 1 saturated heterocycles. The number of nitrogens with one attached hydrogen (secondary N) is 1. The quantitative estimate of drug-likeness (QED) is 0.830. The lowest BCUT2D eigenvalue weighted by Gasteiger charge is -2.26. The largest absolute Gasteiger partial charge is 0.492 e. The van der Waals surface area contributed by atoms with Crippen molar-refractivity contribution in [2.75, 3.05) is 26.2 Å². The predicted octanol–water partition coefficient (Wildman–Crippen LogP) is 2.44. The van der Waals surface area contributed by atoms with Gasteiger partial charge < -0.3 is 10.1 Å². The summed E-state index contributed by atoms with van der Waals surface area (Å²) in [4.78, 5) is 6.85. The summed E-state index contributed by atoms with van der Waals surface area (Å²) in [6.45, 7) is 9.31. The van der Waals surface area contributed by atoms with Crippen molar-refractivity contribution in [3.63, 3.8) is 0 Å². The summed E-state index contributed by atoms with van der Waals surface area (Å²) in [6.07, 6.45) is 5.88. The van der Waals surface area contributed by atoms with E-state index >= 15 is 0 Å². The molecule has 0 amide bonds. The highest BCUT2D eigenvalue weighted by Gasteiger charge is 2.09. The Labute approximate surface area is 122 Å². The molecule has 0 bridgehead atoms. The van der Waals surface area contributed by atoms with Gasteiger partial charge in [0.1, 0.15) is 12.4 Å². The van der Waals surface area contributed by atoms with E-state index in [1.165, 1.54) is 32.4 Å². The van der Waals surface area contributed by atoms with Gasteiger partial charge in [-0.1, -0.05) is 20.3 Å². The molecular weight excluding hydrogens is 250 g/mol. The molecule has 1 aliphatic rings. The first-order valence-corrected chi connectivity index (χ1v) is 7.77. The Hall–Kier alpha value is -1.13. The number of nitrogens with zero attached hydrogens (tertiary/aromatic N) is 2. The number of piperidine rings is 1. The fourth-order valence-corrected chi connectivity index (χ4v) is 2.43. The van der Waals surface area contributed by atoms with Crippen LogP contribution in [0.3, 0.4) is 0 Å². The molecule has 0 aromatic carbocycles. The smallest absolute Gasteiger partial charge is 0.122 e. The van der Waals surface area contributed by atoms with Gasteiger partial charge in [-0.25, -0.2) is 0 Å². The van der Waals surface area contributed by atoms with Crippen molar-refractivity contribution in [2.45, 2.75) is 45.7 Å². The maximum atomic E-state index is 5.85. The minimum Gasteiger partial charge on any atom is -0.492 e. The summed E-state index contributed by atoms with van der Waals surface area (Å²) in [5.41, 5.74) is 1.04. The third-order valence-corrected chi connectivity index (χ3v) is 3.60. The monoisotopic (exact) mass is 277 g/mol. The molecule has 1 aliphatic heterocycles. The normalized spacial score (nSPS) is 16.6. The second-order valence-electron chi connectivity index (χ2n) is 5.77. The Bertz CT molecular complexity index is 389. The number of rotatable bonds is 7. The van der Waals surface area contributed by atoms with Crippen LogP contribution in [-0.4, -0.2) is 42.2 Å². The highest BCUT2D eigenvalue weighted by molar-refractivity contribution is 5.22. The molecule has 2 heterocycles. The Morgan fingerprint density at radius 3 is 2.85 bits per heavy atom. The van der Waals surface area contributed by atoms with Gasteiger partial charge in [0.2, 0.25) is 0 Å². The zero-order valence-corrected chi connectivity index (χ0v) is 12.8. The van der Waals surface area contributed by atoms with Crippen molar-refractivity contribution >= 4 is 0 Å². The fraction of sp³-hybridized carbons (Fsp3) is 0.688. The maximum absolute atomic E-state index is 5.85. The summed E-state index contributed by atoms with van der Waals surface area (Å²) >= 11 is 0. The van der Waals surface area contributed by atoms with Gasteiger partial charge in [-0.2, -0.15) is 0 Å². The third-order valence-electron chi connectivity index (χ3n) is 3.60. The van der Waals surface area contributed by atoms with E-state index in [1.807, 2.05) is 18.3 Å². The van der Waals surface area contributed by atoms with E-state index < -0.39 is 0 Å². The zero-order valence-electron chi connectivity index (χ0n) is 12.8. The lowest BCUT2D eigenvalue weighted by atomic mass is 10.1. The van der Waals surface area contributed by atoms with Crippen LogP contribution >= 0.6 is 0 Å². The SMILES string of the molecule is CC(C)NCc1cc(OCCN2CCCCC2)ccn1. The van der Waals surface area contributed by atoms with Gasteiger partial charge in [0, 0.05) is 31.4 Å². The molecule has 0 atom stereocenters. The summed E-state index contributed by atoms with van der Waals surface area (Å²) in [5.74, 6) is 0.928. The first kappa shape index (κ1) is 15.3. The van der Waals surface area contributed by atoms with Crippen LogP contribution in [0, 0.1) is 0 Å². The van der Waals surface area contributed by atoms with Crippen molar-refractivity contribution in [1.29, 1.82) is 0 Å². The van der Waals surface area contributed by atoms with Crippen LogP contribution in [0.25, 0.3) is 0 Å². The lowest BCUT2D eigenvalue weighted by Crippen LogP contribution is -2.33. The van der Waals surface area contributed by atoms with Crippen LogP contribution in [0.2, 0.25) is 0 Å². The summed E-state index contributed by atoms with van der Waals surface area (Å²) in [5, 5.41) is 3.37. The Morgan fingerprint density at radius 1 is 1.30 bits per heavy atom. The van der Waals surface area contributed by atoms with E-state index in [-0.39, 0.29) is 0 Å². The fourth-order valence-electron chi connectivity index (χ4n) is 2.43. The molecule has 1 fully saturated rings. The second-order valence-corrected chi connectivity index (χ2v) is 5.77. The summed E-state index contributed by atoms with van der Waals surface area (Å²) in [7, 11) is 0. The number of pyridine rings is 1. The number of likely N-dealkylation sites (tertiary alicyclic amines) is 1. The highest BCUT2D eigenvalue weighted by atomic mass is 16.5. The van der Waals surface area contributed by atoms with Crippen LogP contribution in [-0.2, 0) is 6.54 Å². The van der Waals surface area contributed by atoms with Crippen molar-refractivity contribution in [3.8, 4) is 5.75 Å². The molecule has 4 heteroatoms. The van der Waals surface area contributed by atoms with Gasteiger partial charge in [0.15, 0.2) is 0 Å². The molecule has 1 aromatic rings. The Morgan fingerprint density at radius 2 is 2.10 bits per heavy atom. The van der Waals surface area contributed by atoms with Gasteiger partial charge in [-0.05, 0) is 32.0 Å². The van der Waals surface area contributed by atoms with E-state index in [9.17, 15) is 0 Å². The van der Waals surface area contributed by atoms with Crippen LogP contribution < -0.4 is 10.1 Å². The van der Waals surface area contributed by atoms with Gasteiger partial charge >= 0.3 is 0 Å². The van der Waals surface area contributed by atoms with E-state index in [0.29, 0.717) is 6.04 Å². The minimum atomic E-state index is 0.473. The summed E-state index contributed by atoms with van der Waals surface area (Å²) < 4.78 is 5.85. The van der Waals surface area contributed by atoms with Crippen molar-refractivity contribution < 1.29 is 4.74 Å². The molecule has 112 valence electrons. The lowest BCUT2D eigenvalue weighted by molar-refractivity contribution is 0.183. The van der Waals surface area contributed by atoms with E-state index in [0.717, 1.165) is 31.1 Å². The molecular formula is C16H27N3O. The third kappa shape index (κ3) is 5.47. The number of ether oxygens (including phenoxy) is 1. The average molecular weight is 277 g/mol. The highest BCUT2D eigenvalue weighted by Crippen LogP contribution is 2.12. The van der Waals surface area contributed by atoms with Gasteiger partial charge in [-0.3, -0.25) is 9.88 Å². The minimum absolute atomic E-state index is 0.473. The van der Waals surface area contributed by atoms with Crippen LogP contribution in [0.5, 0.6) is 5.75 Å². The zero-order chi connectivity index (χ0) is 14.2. The van der Waals surface area contributed by atoms with E-state index in [1.54, 1.807) is 0 Å². The molecule has 0 unspecified atom stereocenters. The molecule has 1 N–H and O–H groups in total. The molecule has 2 rings (SSSR count). The Balaban J connectivity index is 1.73. The van der Waals surface area contributed by atoms with E-state index in [2.05, 4.69) is 29.0 Å². The molecule has 20 heavy (non-hydrogen) atoms. The van der Waals surface area contributed by atoms with Crippen LogP contribution in [0.4, 0.5) is 0 Å². The van der Waals surface area contributed by atoms with Gasteiger partial charge in [0.25, 0.3) is 0 Å². The molecule has 4 nitrogen and oxygen atoms in total. The molecule has 1 aromatic heterocycles. The van der Waals surface area contributed by atoms with Crippen LogP contribution in [0.15, 0.2) is 18.3 Å². The van der Waals surface area contributed by atoms with E-state index in [4.69, 9.17) is 4.74 Å². The first-order chi connectivity index (χ1) is 9.74. The van der Waals surface area contributed by atoms with Crippen molar-refractivity contribution in [1.82, 2.24) is 15.2 Å². The van der Waals surface area contributed by atoms with Crippen molar-refractivity contribution in [2.24, 2.45) is 0 Å². The van der Waals surface area contributed by atoms with Gasteiger partial charge in [-0.15, -0.1) is 0 Å². The maximum Gasteiger partial charge on any atom is 0.122 e. The molecule has 0 spiro atoms. The Kier molecular flexibility index (Phi) is 6.27. The molecule has 0 radical (unpaired) electrons. The van der Waals surface area contributed by atoms with Gasteiger partial charge in [0.05, 0.1) is 5.69 Å². The number of aromatic nitrogens is 1. The average Bonchev–Trinajstić information content (AvgIpc) is 2.47. The first-order valence-electron chi connectivity index (χ1n) is 7.77. The standard InChI is InChI=1S/C16H27N3O/c1-14(2)18-13-15-12-16(6-7-17-15)20-11-10-19-8-4-3-5-9-19/h6-7,12,14,18H,3-5,8-11,13H2,1-2H3. The number of hydrogen-bond donors (Lipinski definition) is 1. The topological polar surface area (TPSA) is 37.4 Å². The molecule has 0 aliphatic carbocycles. The second kappa shape index (κ2) is 8.22. The summed E-state index contributed by atoms with van der Waals surface area (Å²) in [6, 6.07) is 4.45. The van der Waals surface area contributed by atoms with Crippen LogP contribution in [0.1, 0.15) is 38.8 Å². The molecule has 0 saturated carbocycles. The van der Waals surface area contributed by atoms with Crippen molar-refractivity contribution in [3.05, 3.63) is 24.0 Å². The number of hydrogen-bond acceptors (Lipinski definition) is 4. The predicted molar refractivity (Wildman–Crippen MR) is 82.0 cm³/mol.